The third kappa shape index (κ3) is 3.76. The van der Waals surface area contributed by atoms with E-state index in [1.165, 1.54) is 20.0 Å². The van der Waals surface area contributed by atoms with Crippen molar-refractivity contribution in [2.24, 2.45) is 0 Å². The molecular formula is C21H24ClNO5S. The molecule has 29 heavy (non-hydrogen) atoms. The average Bonchev–Trinajstić information content (AvgIpc) is 3.37. The normalized spacial score (nSPS) is 16.1. The van der Waals surface area contributed by atoms with Crippen LogP contribution in [0, 0.1) is 0 Å². The van der Waals surface area contributed by atoms with Crippen LogP contribution in [0.15, 0.2) is 15.8 Å². The first kappa shape index (κ1) is 20.6. The molecule has 0 saturated heterocycles. The van der Waals surface area contributed by atoms with Gasteiger partial charge in [0, 0.05) is 11.4 Å². The van der Waals surface area contributed by atoms with Crippen LogP contribution in [0.3, 0.4) is 0 Å². The fourth-order valence-electron chi connectivity index (χ4n) is 4.42. The standard InChI is InChI=1S/C21H24ClNO5S/c1-21(2,25)18-10-23-20(28-18)29(26,27)11-12(24)9-17-13-5-3-7-15(13)19(22)16-8-4-6-14(16)17/h10,25H,3-9,11H2,1-2H3. The minimum Gasteiger partial charge on any atom is -0.430 e. The Morgan fingerprint density at radius 1 is 1.14 bits per heavy atom. The SMILES string of the molecule is CC(C)(O)c1cnc(S(=O)(=O)CC(=O)Cc2c3c(c(Cl)c4c2CCC4)CCC3)o1. The summed E-state index contributed by atoms with van der Waals surface area (Å²) in [5.41, 5.74) is 4.19. The summed E-state index contributed by atoms with van der Waals surface area (Å²) in [6.07, 6.45) is 6.87. The minimum atomic E-state index is -4.02. The second kappa shape index (κ2) is 7.22. The van der Waals surface area contributed by atoms with E-state index in [-0.39, 0.29) is 12.2 Å². The number of fused-ring (bicyclic) bond motifs is 2. The van der Waals surface area contributed by atoms with Gasteiger partial charge in [-0.25, -0.2) is 13.4 Å². The summed E-state index contributed by atoms with van der Waals surface area (Å²) in [6, 6.07) is 0. The maximum atomic E-state index is 12.8. The number of hydrogen-bond donors (Lipinski definition) is 1. The third-order valence-electron chi connectivity index (χ3n) is 5.77. The van der Waals surface area contributed by atoms with Gasteiger partial charge in [0.2, 0.25) is 9.84 Å². The van der Waals surface area contributed by atoms with Crippen molar-refractivity contribution in [2.75, 3.05) is 5.75 Å². The molecule has 0 atom stereocenters. The van der Waals surface area contributed by atoms with Crippen LogP contribution in [0.25, 0.3) is 0 Å². The summed E-state index contributed by atoms with van der Waals surface area (Å²) in [5, 5.41) is 10.3. The van der Waals surface area contributed by atoms with Crippen LogP contribution in [0.4, 0.5) is 0 Å². The second-order valence-electron chi connectivity index (χ2n) is 8.44. The number of rotatable bonds is 6. The lowest BCUT2D eigenvalue weighted by Gasteiger charge is -2.16. The van der Waals surface area contributed by atoms with Gasteiger partial charge in [0.15, 0.2) is 11.5 Å². The monoisotopic (exact) mass is 437 g/mol. The molecule has 1 heterocycles. The van der Waals surface area contributed by atoms with Gasteiger partial charge < -0.3 is 9.52 Å². The molecule has 8 heteroatoms. The number of Topliss-reactive ketones (excluding diaryl/α,β-unsaturated/α-hetero) is 1. The summed E-state index contributed by atoms with van der Waals surface area (Å²) in [4.78, 5) is 16.5. The number of nitrogens with zero attached hydrogens (tertiary/aromatic N) is 1. The predicted octanol–water partition coefficient (Wildman–Crippen LogP) is 3.12. The summed E-state index contributed by atoms with van der Waals surface area (Å²) in [5.74, 6) is -1.03. The highest BCUT2D eigenvalue weighted by Gasteiger charge is 2.32. The first-order valence-electron chi connectivity index (χ1n) is 9.85. The summed E-state index contributed by atoms with van der Waals surface area (Å²) >= 11 is 6.61. The van der Waals surface area contributed by atoms with E-state index in [0.29, 0.717) is 0 Å². The number of benzene rings is 1. The second-order valence-corrected chi connectivity index (χ2v) is 10.7. The number of halogens is 1. The van der Waals surface area contributed by atoms with Crippen LogP contribution in [-0.4, -0.2) is 30.0 Å². The van der Waals surface area contributed by atoms with Gasteiger partial charge >= 0.3 is 5.22 Å². The van der Waals surface area contributed by atoms with Gasteiger partial charge in [0.1, 0.15) is 11.4 Å². The fourth-order valence-corrected chi connectivity index (χ4v) is 5.92. The van der Waals surface area contributed by atoms with Gasteiger partial charge in [0.25, 0.3) is 0 Å². The van der Waals surface area contributed by atoms with Crippen molar-refractivity contribution in [3.05, 3.63) is 44.8 Å². The van der Waals surface area contributed by atoms with E-state index in [1.807, 2.05) is 0 Å². The van der Waals surface area contributed by atoms with Gasteiger partial charge in [-0.1, -0.05) is 11.6 Å². The largest absolute Gasteiger partial charge is 0.430 e. The minimum absolute atomic E-state index is 0.0388. The van der Waals surface area contributed by atoms with E-state index >= 15 is 0 Å². The molecule has 2 aromatic rings. The molecule has 0 saturated carbocycles. The lowest BCUT2D eigenvalue weighted by molar-refractivity contribution is -0.116. The Morgan fingerprint density at radius 3 is 2.21 bits per heavy atom. The molecule has 2 aliphatic carbocycles. The maximum absolute atomic E-state index is 12.8. The Morgan fingerprint density at radius 2 is 1.69 bits per heavy atom. The molecule has 0 bridgehead atoms. The van der Waals surface area contributed by atoms with E-state index in [0.717, 1.165) is 71.4 Å². The molecule has 4 rings (SSSR count). The molecule has 1 aromatic carbocycles. The van der Waals surface area contributed by atoms with E-state index < -0.39 is 32.2 Å². The molecule has 0 radical (unpaired) electrons. The van der Waals surface area contributed by atoms with Gasteiger partial charge in [-0.05, 0) is 80.2 Å². The van der Waals surface area contributed by atoms with Crippen molar-refractivity contribution in [1.29, 1.82) is 0 Å². The van der Waals surface area contributed by atoms with Gasteiger partial charge in [-0.15, -0.1) is 0 Å². The Labute approximate surface area is 175 Å². The molecule has 6 nitrogen and oxygen atoms in total. The van der Waals surface area contributed by atoms with Crippen LogP contribution in [0.2, 0.25) is 5.02 Å². The summed E-state index contributed by atoms with van der Waals surface area (Å²) in [6.45, 7) is 2.94. The molecule has 0 aliphatic heterocycles. The zero-order valence-corrected chi connectivity index (χ0v) is 18.1. The first-order chi connectivity index (χ1) is 13.6. The third-order valence-corrected chi connectivity index (χ3v) is 7.65. The topological polar surface area (TPSA) is 97.5 Å². The fraction of sp³-hybridized carbons (Fsp3) is 0.524. The van der Waals surface area contributed by atoms with Crippen LogP contribution in [-0.2, 0) is 52.3 Å². The number of aromatic nitrogens is 1. The Kier molecular flexibility index (Phi) is 5.12. The van der Waals surface area contributed by atoms with Gasteiger partial charge in [-0.2, -0.15) is 0 Å². The number of oxazole rings is 1. The zero-order chi connectivity index (χ0) is 21.0. The predicted molar refractivity (Wildman–Crippen MR) is 108 cm³/mol. The molecule has 0 spiro atoms. The van der Waals surface area contributed by atoms with E-state index in [2.05, 4.69) is 4.98 Å². The zero-order valence-electron chi connectivity index (χ0n) is 16.5. The maximum Gasteiger partial charge on any atom is 0.315 e. The number of aliphatic hydroxyl groups is 1. The molecule has 1 N–H and O–H groups in total. The number of sulfone groups is 1. The van der Waals surface area contributed by atoms with Crippen molar-refractivity contribution in [3.63, 3.8) is 0 Å². The first-order valence-corrected chi connectivity index (χ1v) is 11.9. The van der Waals surface area contributed by atoms with Crippen molar-refractivity contribution < 1.29 is 22.7 Å². The molecular weight excluding hydrogens is 414 g/mol. The van der Waals surface area contributed by atoms with Crippen molar-refractivity contribution in [3.8, 4) is 0 Å². The van der Waals surface area contributed by atoms with Crippen molar-refractivity contribution >= 4 is 27.2 Å². The molecule has 156 valence electrons. The number of hydrogen-bond acceptors (Lipinski definition) is 6. The quantitative estimate of drug-likeness (QED) is 0.745. The number of carbonyl (C=O) groups excluding carboxylic acids is 1. The lowest BCUT2D eigenvalue weighted by atomic mass is 9.91. The Bertz CT molecular complexity index is 1060. The van der Waals surface area contributed by atoms with Crippen molar-refractivity contribution in [2.45, 2.75) is 69.6 Å². The molecule has 1 aromatic heterocycles. The highest BCUT2D eigenvalue weighted by Crippen LogP contribution is 2.41. The van der Waals surface area contributed by atoms with Crippen LogP contribution < -0.4 is 0 Å². The average molecular weight is 438 g/mol. The highest BCUT2D eigenvalue weighted by atomic mass is 35.5. The smallest absolute Gasteiger partial charge is 0.315 e. The Balaban J connectivity index is 1.59. The van der Waals surface area contributed by atoms with Crippen LogP contribution >= 0.6 is 11.6 Å². The van der Waals surface area contributed by atoms with Crippen LogP contribution in [0.1, 0.15) is 60.3 Å². The lowest BCUT2D eigenvalue weighted by Crippen LogP contribution is -2.20. The Hall–Kier alpha value is -1.70. The van der Waals surface area contributed by atoms with Gasteiger partial charge in [-0.3, -0.25) is 4.79 Å². The van der Waals surface area contributed by atoms with Crippen molar-refractivity contribution in [1.82, 2.24) is 4.98 Å². The van der Waals surface area contributed by atoms with Gasteiger partial charge in [0.05, 0.1) is 6.20 Å². The van der Waals surface area contributed by atoms with E-state index in [1.54, 1.807) is 0 Å². The van der Waals surface area contributed by atoms with E-state index in [4.69, 9.17) is 16.0 Å². The van der Waals surface area contributed by atoms with E-state index in [9.17, 15) is 18.3 Å². The number of ketones is 1. The van der Waals surface area contributed by atoms with Crippen LogP contribution in [0.5, 0.6) is 0 Å². The molecule has 0 fully saturated rings. The number of carbonyl (C=O) groups is 1. The molecule has 0 unspecified atom stereocenters. The summed E-state index contributed by atoms with van der Waals surface area (Å²) in [7, 11) is -4.02. The summed E-state index contributed by atoms with van der Waals surface area (Å²) < 4.78 is 30.4. The highest BCUT2D eigenvalue weighted by molar-refractivity contribution is 7.91. The molecule has 0 amide bonds. The molecule has 2 aliphatic rings.